The van der Waals surface area contributed by atoms with E-state index in [1.165, 1.54) is 0 Å². The molecule has 0 fully saturated rings. The lowest BCUT2D eigenvalue weighted by atomic mass is 10.0. The Balaban J connectivity index is 2.13. The molecular formula is C12H16ClN5. The summed E-state index contributed by atoms with van der Waals surface area (Å²) in [4.78, 5) is 3.99. The molecule has 5 nitrogen and oxygen atoms in total. The molecule has 2 N–H and O–H groups in total. The maximum absolute atomic E-state index is 6.13. The third-order valence-corrected chi connectivity index (χ3v) is 3.05. The molecule has 0 aliphatic heterocycles. The molecule has 0 aromatic carbocycles. The number of hydrogen-bond donors (Lipinski definition) is 2. The molecule has 18 heavy (non-hydrogen) atoms. The molecule has 0 bridgehead atoms. The number of pyridine rings is 1. The predicted octanol–water partition coefficient (Wildman–Crippen LogP) is 2.14. The lowest BCUT2D eigenvalue weighted by Crippen LogP contribution is -2.24. The minimum atomic E-state index is 0.114. The Morgan fingerprint density at radius 2 is 2.33 bits per heavy atom. The van der Waals surface area contributed by atoms with Crippen LogP contribution in [0.15, 0.2) is 24.7 Å². The van der Waals surface area contributed by atoms with E-state index in [0.29, 0.717) is 5.02 Å². The lowest BCUT2D eigenvalue weighted by Gasteiger charge is -2.16. The zero-order chi connectivity index (χ0) is 12.8. The van der Waals surface area contributed by atoms with Gasteiger partial charge >= 0.3 is 0 Å². The van der Waals surface area contributed by atoms with Crippen molar-refractivity contribution in [2.24, 2.45) is 0 Å². The molecule has 0 amide bonds. The van der Waals surface area contributed by atoms with E-state index in [0.717, 1.165) is 30.6 Å². The zero-order valence-electron chi connectivity index (χ0n) is 10.2. The fraction of sp³-hybridized carbons (Fsp3) is 0.417. The second-order valence-electron chi connectivity index (χ2n) is 4.07. The van der Waals surface area contributed by atoms with Crippen LogP contribution in [0.1, 0.15) is 30.6 Å². The first-order valence-corrected chi connectivity index (χ1v) is 6.36. The summed E-state index contributed by atoms with van der Waals surface area (Å²) < 4.78 is 0. The highest BCUT2D eigenvalue weighted by atomic mass is 35.5. The Labute approximate surface area is 111 Å². The molecule has 0 aliphatic carbocycles. The van der Waals surface area contributed by atoms with Crippen LogP contribution in [0, 0.1) is 0 Å². The third kappa shape index (κ3) is 3.27. The van der Waals surface area contributed by atoms with Gasteiger partial charge in [-0.25, -0.2) is 0 Å². The van der Waals surface area contributed by atoms with Crippen LogP contribution in [-0.2, 0) is 6.42 Å². The van der Waals surface area contributed by atoms with Crippen molar-refractivity contribution < 1.29 is 0 Å². The number of H-pyrrole nitrogens is 1. The SMILES string of the molecule is CCCNC(Cc1ccncc1Cl)c1cn[nH]n1. The average molecular weight is 266 g/mol. The first kappa shape index (κ1) is 13.0. The van der Waals surface area contributed by atoms with Crippen LogP contribution < -0.4 is 5.32 Å². The van der Waals surface area contributed by atoms with Gasteiger partial charge in [0, 0.05) is 12.4 Å². The van der Waals surface area contributed by atoms with Gasteiger partial charge in [-0.05, 0) is 31.0 Å². The normalized spacial score (nSPS) is 12.6. The molecule has 0 radical (unpaired) electrons. The van der Waals surface area contributed by atoms with Gasteiger partial charge in [0.25, 0.3) is 0 Å². The zero-order valence-corrected chi connectivity index (χ0v) is 11.0. The topological polar surface area (TPSA) is 66.5 Å². The van der Waals surface area contributed by atoms with E-state index in [-0.39, 0.29) is 6.04 Å². The summed E-state index contributed by atoms with van der Waals surface area (Å²) in [5.41, 5.74) is 1.96. The van der Waals surface area contributed by atoms with Gasteiger partial charge in [0.15, 0.2) is 0 Å². The van der Waals surface area contributed by atoms with E-state index in [1.807, 2.05) is 6.07 Å². The molecule has 2 aromatic heterocycles. The van der Waals surface area contributed by atoms with Crippen molar-refractivity contribution >= 4 is 11.6 Å². The fourth-order valence-corrected chi connectivity index (χ4v) is 1.96. The number of nitrogens with zero attached hydrogens (tertiary/aromatic N) is 3. The first-order chi connectivity index (χ1) is 8.81. The van der Waals surface area contributed by atoms with Gasteiger partial charge in [-0.3, -0.25) is 4.98 Å². The molecule has 96 valence electrons. The van der Waals surface area contributed by atoms with E-state index in [9.17, 15) is 0 Å². The van der Waals surface area contributed by atoms with Gasteiger partial charge < -0.3 is 5.32 Å². The van der Waals surface area contributed by atoms with Crippen molar-refractivity contribution in [2.75, 3.05) is 6.54 Å². The van der Waals surface area contributed by atoms with Crippen molar-refractivity contribution in [3.05, 3.63) is 40.9 Å². The number of aromatic amines is 1. The van der Waals surface area contributed by atoms with Gasteiger partial charge in [-0.1, -0.05) is 18.5 Å². The van der Waals surface area contributed by atoms with E-state index < -0.39 is 0 Å². The molecule has 2 aromatic rings. The molecule has 0 aliphatic rings. The van der Waals surface area contributed by atoms with Gasteiger partial charge in [0.1, 0.15) is 0 Å². The van der Waals surface area contributed by atoms with E-state index in [4.69, 9.17) is 11.6 Å². The maximum Gasteiger partial charge on any atom is 0.0997 e. The van der Waals surface area contributed by atoms with Crippen LogP contribution in [0.25, 0.3) is 0 Å². The summed E-state index contributed by atoms with van der Waals surface area (Å²) in [6.45, 7) is 3.06. The second kappa shape index (κ2) is 6.47. The first-order valence-electron chi connectivity index (χ1n) is 5.98. The summed E-state index contributed by atoms with van der Waals surface area (Å²) in [6.07, 6.45) is 6.99. The molecule has 0 saturated carbocycles. The van der Waals surface area contributed by atoms with Crippen molar-refractivity contribution in [1.29, 1.82) is 0 Å². The molecular weight excluding hydrogens is 250 g/mol. The Morgan fingerprint density at radius 1 is 1.44 bits per heavy atom. The Hall–Kier alpha value is -1.46. The lowest BCUT2D eigenvalue weighted by molar-refractivity contribution is 0.517. The van der Waals surface area contributed by atoms with Crippen LogP contribution in [0.5, 0.6) is 0 Å². The summed E-state index contributed by atoms with van der Waals surface area (Å²) in [5, 5.41) is 14.8. The van der Waals surface area contributed by atoms with Gasteiger partial charge in [0.2, 0.25) is 0 Å². The van der Waals surface area contributed by atoms with Crippen LogP contribution in [-0.4, -0.2) is 26.9 Å². The molecule has 0 saturated heterocycles. The summed E-state index contributed by atoms with van der Waals surface area (Å²) >= 11 is 6.13. The minimum Gasteiger partial charge on any atom is -0.308 e. The smallest absolute Gasteiger partial charge is 0.0997 e. The molecule has 0 spiro atoms. The Bertz CT molecular complexity index is 471. The second-order valence-corrected chi connectivity index (χ2v) is 4.48. The van der Waals surface area contributed by atoms with E-state index in [2.05, 4.69) is 32.6 Å². The number of halogens is 1. The maximum atomic E-state index is 6.13. The summed E-state index contributed by atoms with van der Waals surface area (Å²) in [7, 11) is 0. The molecule has 6 heteroatoms. The average Bonchev–Trinajstić information content (AvgIpc) is 2.90. The molecule has 2 heterocycles. The monoisotopic (exact) mass is 265 g/mol. The Morgan fingerprint density at radius 3 is 3.00 bits per heavy atom. The van der Waals surface area contributed by atoms with Crippen molar-refractivity contribution in [1.82, 2.24) is 25.7 Å². The van der Waals surface area contributed by atoms with E-state index >= 15 is 0 Å². The number of nitrogens with one attached hydrogen (secondary N) is 2. The summed E-state index contributed by atoms with van der Waals surface area (Å²) in [5.74, 6) is 0. The fourth-order valence-electron chi connectivity index (χ4n) is 1.77. The Kier molecular flexibility index (Phi) is 4.66. The van der Waals surface area contributed by atoms with Gasteiger partial charge in [0.05, 0.1) is 23.0 Å². The number of hydrogen-bond acceptors (Lipinski definition) is 4. The summed E-state index contributed by atoms with van der Waals surface area (Å²) in [6, 6.07) is 2.05. The largest absolute Gasteiger partial charge is 0.308 e. The highest BCUT2D eigenvalue weighted by Gasteiger charge is 2.15. The number of rotatable bonds is 6. The molecule has 1 unspecified atom stereocenters. The quantitative estimate of drug-likeness (QED) is 0.840. The van der Waals surface area contributed by atoms with Crippen LogP contribution in [0.4, 0.5) is 0 Å². The van der Waals surface area contributed by atoms with Gasteiger partial charge in [-0.2, -0.15) is 15.4 Å². The minimum absolute atomic E-state index is 0.114. The van der Waals surface area contributed by atoms with Crippen LogP contribution in [0.2, 0.25) is 5.02 Å². The predicted molar refractivity (Wildman–Crippen MR) is 70.4 cm³/mol. The van der Waals surface area contributed by atoms with Crippen molar-refractivity contribution in [2.45, 2.75) is 25.8 Å². The van der Waals surface area contributed by atoms with E-state index in [1.54, 1.807) is 18.6 Å². The molecule has 1 atom stereocenters. The third-order valence-electron chi connectivity index (χ3n) is 2.71. The number of aromatic nitrogens is 4. The van der Waals surface area contributed by atoms with Crippen LogP contribution in [0.3, 0.4) is 0 Å². The highest BCUT2D eigenvalue weighted by molar-refractivity contribution is 6.31. The molecule has 2 rings (SSSR count). The van der Waals surface area contributed by atoms with Gasteiger partial charge in [-0.15, -0.1) is 0 Å². The van der Waals surface area contributed by atoms with Crippen molar-refractivity contribution in [3.63, 3.8) is 0 Å². The van der Waals surface area contributed by atoms with Crippen LogP contribution >= 0.6 is 11.6 Å². The highest BCUT2D eigenvalue weighted by Crippen LogP contribution is 2.21. The van der Waals surface area contributed by atoms with Crippen molar-refractivity contribution in [3.8, 4) is 0 Å². The standard InChI is InChI=1S/C12H16ClN5/c1-2-4-15-11(12-8-16-18-17-12)6-9-3-5-14-7-10(9)13/h3,5,7-8,11,15H,2,4,6H2,1H3,(H,16,17,18).